The topological polar surface area (TPSA) is 19.9 Å². The number of thiol groups is 1. The van der Waals surface area contributed by atoms with Gasteiger partial charge in [0.2, 0.25) is 0 Å². The smallest absolute Gasteiger partial charge is 0.186 e. The minimum atomic E-state index is 0.0685. The molecule has 0 aromatic heterocycles. The molecule has 1 aliphatic rings. The molecule has 2 radical (unpaired) electrons. The number of hydrogen-bond donors (Lipinski definition) is 1. The largest absolute Gasteiger partial charge is 0.289 e. The van der Waals surface area contributed by atoms with Crippen molar-refractivity contribution < 1.29 is 5.11 Å². The van der Waals surface area contributed by atoms with Crippen molar-refractivity contribution in [1.29, 1.82) is 0 Å². The SMILES string of the molecule is [CH2]CC1C(S)=Cc2c([O])ccc3cccc1c23. The molecule has 3 rings (SSSR count). The molecule has 2 aromatic carbocycles. The lowest BCUT2D eigenvalue weighted by atomic mass is 9.84. The summed E-state index contributed by atoms with van der Waals surface area (Å²) < 4.78 is 0. The second-order valence-electron chi connectivity index (χ2n) is 4.33. The molecule has 0 heterocycles. The van der Waals surface area contributed by atoms with Gasteiger partial charge in [-0.2, -0.15) is 0 Å². The zero-order valence-corrected chi connectivity index (χ0v) is 10.2. The Morgan fingerprint density at radius 3 is 2.82 bits per heavy atom. The fourth-order valence-electron chi connectivity index (χ4n) is 2.56. The van der Waals surface area contributed by atoms with Gasteiger partial charge in [0.25, 0.3) is 0 Å². The minimum Gasteiger partial charge on any atom is -0.289 e. The van der Waals surface area contributed by atoms with Gasteiger partial charge in [-0.15, -0.1) is 12.6 Å². The van der Waals surface area contributed by atoms with E-state index in [1.165, 1.54) is 5.56 Å². The van der Waals surface area contributed by atoms with Gasteiger partial charge in [-0.1, -0.05) is 31.2 Å². The van der Waals surface area contributed by atoms with Crippen LogP contribution in [0, 0.1) is 6.92 Å². The molecule has 1 nitrogen and oxygen atoms in total. The number of allylic oxidation sites excluding steroid dienone is 1. The molecule has 0 aliphatic heterocycles. The molecule has 0 amide bonds. The van der Waals surface area contributed by atoms with Crippen molar-refractivity contribution in [2.24, 2.45) is 0 Å². The van der Waals surface area contributed by atoms with E-state index in [0.717, 1.165) is 27.7 Å². The van der Waals surface area contributed by atoms with Gasteiger partial charge < -0.3 is 0 Å². The van der Waals surface area contributed by atoms with E-state index in [9.17, 15) is 5.11 Å². The van der Waals surface area contributed by atoms with Crippen LogP contribution < -0.4 is 0 Å². The molecule has 2 aromatic rings. The lowest BCUT2D eigenvalue weighted by Gasteiger charge is -2.23. The predicted octanol–water partition coefficient (Wildman–Crippen LogP) is 4.58. The second-order valence-corrected chi connectivity index (χ2v) is 4.85. The number of benzene rings is 2. The van der Waals surface area contributed by atoms with E-state index in [1.807, 2.05) is 24.3 Å². The Kier molecular flexibility index (Phi) is 2.40. The zero-order chi connectivity index (χ0) is 12.0. The molecule has 1 unspecified atom stereocenters. The van der Waals surface area contributed by atoms with E-state index in [-0.39, 0.29) is 11.7 Å². The summed E-state index contributed by atoms with van der Waals surface area (Å²) in [4.78, 5) is 0.934. The van der Waals surface area contributed by atoms with Crippen LogP contribution >= 0.6 is 12.6 Å². The third-order valence-electron chi connectivity index (χ3n) is 3.39. The van der Waals surface area contributed by atoms with Crippen molar-refractivity contribution in [3.8, 4) is 5.75 Å². The van der Waals surface area contributed by atoms with Crippen LogP contribution in [0.15, 0.2) is 35.2 Å². The van der Waals surface area contributed by atoms with Crippen molar-refractivity contribution in [3.05, 3.63) is 53.3 Å². The molecule has 1 aliphatic carbocycles. The molecule has 0 fully saturated rings. The standard InChI is InChI=1S/C15H12OS/c1-2-10-11-5-3-4-9-6-7-13(16)12(15(9)11)8-14(10)17/h3-8,10,17H,1-2H2. The molecule has 0 saturated heterocycles. The van der Waals surface area contributed by atoms with Gasteiger partial charge in [-0.3, -0.25) is 5.11 Å². The van der Waals surface area contributed by atoms with Crippen LogP contribution in [0.1, 0.15) is 23.5 Å². The van der Waals surface area contributed by atoms with Crippen molar-refractivity contribution >= 4 is 29.5 Å². The minimum absolute atomic E-state index is 0.0685. The van der Waals surface area contributed by atoms with Crippen molar-refractivity contribution in [2.75, 3.05) is 0 Å². The van der Waals surface area contributed by atoms with E-state index in [0.29, 0.717) is 0 Å². The lowest BCUT2D eigenvalue weighted by Crippen LogP contribution is -2.04. The molecule has 84 valence electrons. The van der Waals surface area contributed by atoms with E-state index in [2.05, 4.69) is 25.6 Å². The van der Waals surface area contributed by atoms with Crippen molar-refractivity contribution in [2.45, 2.75) is 12.3 Å². The Morgan fingerprint density at radius 2 is 2.06 bits per heavy atom. The van der Waals surface area contributed by atoms with Gasteiger partial charge in [0.05, 0.1) is 0 Å². The first-order valence-electron chi connectivity index (χ1n) is 5.65. The quantitative estimate of drug-likeness (QED) is 0.704. The van der Waals surface area contributed by atoms with Crippen LogP contribution in [0.5, 0.6) is 5.75 Å². The summed E-state index contributed by atoms with van der Waals surface area (Å²) in [5.41, 5.74) is 1.95. The average Bonchev–Trinajstić information content (AvgIpc) is 2.34. The summed E-state index contributed by atoms with van der Waals surface area (Å²) in [6.45, 7) is 3.97. The van der Waals surface area contributed by atoms with Crippen molar-refractivity contribution in [1.82, 2.24) is 0 Å². The normalized spacial score (nSPS) is 18.2. The summed E-state index contributed by atoms with van der Waals surface area (Å²) in [7, 11) is 0. The van der Waals surface area contributed by atoms with Crippen molar-refractivity contribution in [3.63, 3.8) is 0 Å². The summed E-state index contributed by atoms with van der Waals surface area (Å²) in [6.07, 6.45) is 2.66. The van der Waals surface area contributed by atoms with Crippen LogP contribution in [-0.2, 0) is 5.11 Å². The fraction of sp³-hybridized carbons (Fsp3) is 0.133. The highest BCUT2D eigenvalue weighted by Gasteiger charge is 2.23. The molecule has 0 spiro atoms. The summed E-state index contributed by atoms with van der Waals surface area (Å²) in [5, 5.41) is 14.1. The molecular weight excluding hydrogens is 228 g/mol. The Bertz CT molecular complexity index is 628. The fourth-order valence-corrected chi connectivity index (χ4v) is 2.96. The maximum Gasteiger partial charge on any atom is 0.186 e. The number of hydrogen-bond acceptors (Lipinski definition) is 1. The molecule has 0 saturated carbocycles. The lowest BCUT2D eigenvalue weighted by molar-refractivity contribution is 0.354. The maximum absolute atomic E-state index is 11.9. The molecule has 0 N–H and O–H groups in total. The van der Waals surface area contributed by atoms with E-state index >= 15 is 0 Å². The Hall–Kier alpha value is -1.41. The molecule has 0 bridgehead atoms. The van der Waals surface area contributed by atoms with Crippen LogP contribution in [0.2, 0.25) is 0 Å². The van der Waals surface area contributed by atoms with Gasteiger partial charge in [-0.05, 0) is 39.8 Å². The first-order valence-corrected chi connectivity index (χ1v) is 6.09. The molecular formula is C15H12OS. The van der Waals surface area contributed by atoms with Gasteiger partial charge in [0, 0.05) is 11.5 Å². The Labute approximate surface area is 106 Å². The number of rotatable bonds is 1. The average molecular weight is 240 g/mol. The third-order valence-corrected chi connectivity index (χ3v) is 3.83. The van der Waals surface area contributed by atoms with E-state index in [4.69, 9.17) is 0 Å². The summed E-state index contributed by atoms with van der Waals surface area (Å²) >= 11 is 4.50. The second kappa shape index (κ2) is 3.81. The third kappa shape index (κ3) is 1.48. The van der Waals surface area contributed by atoms with Gasteiger partial charge in [-0.25, -0.2) is 0 Å². The van der Waals surface area contributed by atoms with Gasteiger partial charge in [0.15, 0.2) is 5.75 Å². The Morgan fingerprint density at radius 1 is 1.24 bits per heavy atom. The summed E-state index contributed by atoms with van der Waals surface area (Å²) in [5.74, 6) is 0.287. The first-order chi connectivity index (χ1) is 8.22. The maximum atomic E-state index is 11.9. The highest BCUT2D eigenvalue weighted by atomic mass is 32.1. The molecule has 2 heteroatoms. The van der Waals surface area contributed by atoms with Gasteiger partial charge in [0.1, 0.15) is 0 Å². The predicted molar refractivity (Wildman–Crippen MR) is 73.8 cm³/mol. The highest BCUT2D eigenvalue weighted by molar-refractivity contribution is 7.84. The summed E-state index contributed by atoms with van der Waals surface area (Å²) in [6, 6.07) is 9.66. The first kappa shape index (κ1) is 10.7. The monoisotopic (exact) mass is 240 g/mol. The van der Waals surface area contributed by atoms with Gasteiger partial charge >= 0.3 is 0 Å². The highest BCUT2D eigenvalue weighted by Crippen LogP contribution is 2.44. The Balaban J connectivity index is 2.46. The van der Waals surface area contributed by atoms with E-state index in [1.54, 1.807) is 6.07 Å². The van der Waals surface area contributed by atoms with Crippen LogP contribution in [-0.4, -0.2) is 0 Å². The molecule has 17 heavy (non-hydrogen) atoms. The zero-order valence-electron chi connectivity index (χ0n) is 9.31. The van der Waals surface area contributed by atoms with Crippen LogP contribution in [0.4, 0.5) is 0 Å². The van der Waals surface area contributed by atoms with E-state index < -0.39 is 0 Å². The van der Waals surface area contributed by atoms with Crippen LogP contribution in [0.3, 0.4) is 0 Å². The molecule has 1 atom stereocenters. The van der Waals surface area contributed by atoms with Crippen LogP contribution in [0.25, 0.3) is 16.8 Å².